The van der Waals surface area contributed by atoms with Crippen LogP contribution >= 0.6 is 35.0 Å². The van der Waals surface area contributed by atoms with Gasteiger partial charge in [-0.2, -0.15) is 0 Å². The Kier molecular flexibility index (Phi) is 9.24. The monoisotopic (exact) mass is 349 g/mol. The first-order valence-corrected chi connectivity index (χ1v) is 9.40. The summed E-state index contributed by atoms with van der Waals surface area (Å²) >= 11 is 19.8. The molecule has 1 rings (SSSR count). The highest BCUT2D eigenvalue weighted by atomic mass is 35.5. The Morgan fingerprint density at radius 2 is 1.48 bits per heavy atom. The standard InChI is InChI=1S/C16H27BCl3N/c1-4-7-10-13-15(18)14(11-8-5-2)21(20)17(16(13)19)12-9-6-3/h4-12H2,1-3H3. The van der Waals surface area contributed by atoms with Crippen molar-refractivity contribution in [3.05, 3.63) is 21.2 Å². The van der Waals surface area contributed by atoms with E-state index >= 15 is 0 Å². The summed E-state index contributed by atoms with van der Waals surface area (Å²) < 4.78 is 1.81. The lowest BCUT2D eigenvalue weighted by atomic mass is 9.55. The van der Waals surface area contributed by atoms with Crippen LogP contribution in [0.4, 0.5) is 0 Å². The molecule has 1 heterocycles. The van der Waals surface area contributed by atoms with E-state index in [0.29, 0.717) is 0 Å². The molecule has 0 unspecified atom stereocenters. The molecule has 0 saturated heterocycles. The maximum Gasteiger partial charge on any atom is 0.319 e. The summed E-state index contributed by atoms with van der Waals surface area (Å²) in [5.41, 5.74) is 2.20. The lowest BCUT2D eigenvalue weighted by molar-refractivity contribution is 0.671. The molecule has 0 aromatic carbocycles. The largest absolute Gasteiger partial charge is 0.326 e. The maximum atomic E-state index is 6.64. The van der Waals surface area contributed by atoms with E-state index in [4.69, 9.17) is 35.0 Å². The molecule has 0 amide bonds. The summed E-state index contributed by atoms with van der Waals surface area (Å²) in [7, 11) is 0. The number of halogens is 3. The minimum atomic E-state index is 0.0921. The van der Waals surface area contributed by atoms with E-state index < -0.39 is 0 Å². The normalized spacial score (nSPS) is 16.3. The van der Waals surface area contributed by atoms with Crippen LogP contribution in [0.5, 0.6) is 0 Å². The van der Waals surface area contributed by atoms with Crippen molar-refractivity contribution in [3.8, 4) is 0 Å². The van der Waals surface area contributed by atoms with Crippen molar-refractivity contribution >= 4 is 41.8 Å². The minimum Gasteiger partial charge on any atom is -0.326 e. The molecule has 21 heavy (non-hydrogen) atoms. The Balaban J connectivity index is 3.05. The van der Waals surface area contributed by atoms with Gasteiger partial charge in [-0.3, -0.25) is 0 Å². The highest BCUT2D eigenvalue weighted by Gasteiger charge is 2.35. The van der Waals surface area contributed by atoms with Gasteiger partial charge in [-0.25, -0.2) is 0 Å². The first-order chi connectivity index (χ1) is 10.1. The lowest BCUT2D eigenvalue weighted by Gasteiger charge is -2.33. The van der Waals surface area contributed by atoms with Crippen molar-refractivity contribution in [2.24, 2.45) is 0 Å². The molecular weight excluding hydrogens is 323 g/mol. The van der Waals surface area contributed by atoms with E-state index in [1.807, 2.05) is 4.33 Å². The molecule has 0 radical (unpaired) electrons. The van der Waals surface area contributed by atoms with Crippen molar-refractivity contribution in [1.82, 2.24) is 4.33 Å². The molecule has 0 saturated carbocycles. The summed E-state index contributed by atoms with van der Waals surface area (Å²) in [4.78, 5) is 0.858. The zero-order valence-electron chi connectivity index (χ0n) is 13.5. The van der Waals surface area contributed by atoms with Gasteiger partial charge in [0.1, 0.15) is 0 Å². The van der Waals surface area contributed by atoms with Crippen LogP contribution in [0.3, 0.4) is 0 Å². The van der Waals surface area contributed by atoms with Gasteiger partial charge in [-0.1, -0.05) is 69.7 Å². The topological polar surface area (TPSA) is 3.24 Å². The average Bonchev–Trinajstić information content (AvgIpc) is 2.47. The number of nitrogens with zero attached hydrogens (tertiary/aromatic N) is 1. The first-order valence-electron chi connectivity index (χ1n) is 8.30. The smallest absolute Gasteiger partial charge is 0.319 e. The Bertz CT molecular complexity index is 393. The first kappa shape index (κ1) is 19.3. The van der Waals surface area contributed by atoms with E-state index in [9.17, 15) is 0 Å². The van der Waals surface area contributed by atoms with E-state index in [1.165, 1.54) is 0 Å². The van der Waals surface area contributed by atoms with Gasteiger partial charge in [0.2, 0.25) is 0 Å². The Labute approximate surface area is 145 Å². The second-order valence-electron chi connectivity index (χ2n) is 5.76. The Hall–Kier alpha value is 0.215. The van der Waals surface area contributed by atoms with Gasteiger partial charge in [-0.05, 0) is 49.4 Å². The number of unbranched alkanes of at least 4 members (excludes halogenated alkanes) is 3. The third-order valence-corrected chi connectivity index (χ3v) is 5.38. The van der Waals surface area contributed by atoms with Gasteiger partial charge in [0.15, 0.2) is 0 Å². The summed E-state index contributed by atoms with van der Waals surface area (Å²) in [5.74, 6) is 0. The van der Waals surface area contributed by atoms with Crippen molar-refractivity contribution < 1.29 is 0 Å². The van der Waals surface area contributed by atoms with Crippen molar-refractivity contribution in [1.29, 1.82) is 0 Å². The highest BCUT2D eigenvalue weighted by molar-refractivity contribution is 6.80. The van der Waals surface area contributed by atoms with E-state index in [2.05, 4.69) is 20.8 Å². The van der Waals surface area contributed by atoms with E-state index in [-0.39, 0.29) is 6.85 Å². The predicted octanol–water partition coefficient (Wildman–Crippen LogP) is 7.11. The predicted molar refractivity (Wildman–Crippen MR) is 98.0 cm³/mol. The van der Waals surface area contributed by atoms with Crippen LogP contribution in [-0.4, -0.2) is 11.2 Å². The van der Waals surface area contributed by atoms with Gasteiger partial charge in [0, 0.05) is 10.6 Å². The fourth-order valence-electron chi connectivity index (χ4n) is 2.64. The number of rotatable bonds is 9. The molecule has 120 valence electrons. The fraction of sp³-hybridized carbons (Fsp3) is 0.750. The van der Waals surface area contributed by atoms with Gasteiger partial charge in [0.05, 0.1) is 5.03 Å². The SMILES string of the molecule is CCCCB1C(Cl)=C(CCCC)C(Cl)=C(CCCC)N1Cl. The average molecular weight is 351 g/mol. The van der Waals surface area contributed by atoms with Crippen molar-refractivity contribution in [3.63, 3.8) is 0 Å². The van der Waals surface area contributed by atoms with Gasteiger partial charge < -0.3 is 4.33 Å². The van der Waals surface area contributed by atoms with Crippen LogP contribution in [0.2, 0.25) is 6.32 Å². The quantitative estimate of drug-likeness (QED) is 0.316. The molecule has 0 spiro atoms. The summed E-state index contributed by atoms with van der Waals surface area (Å²) in [6.07, 6.45) is 9.67. The third kappa shape index (κ3) is 5.11. The molecule has 0 atom stereocenters. The zero-order valence-corrected chi connectivity index (χ0v) is 15.8. The molecule has 0 aliphatic carbocycles. The number of allylic oxidation sites excluding steroid dienone is 3. The zero-order chi connectivity index (χ0) is 15.8. The molecule has 0 bridgehead atoms. The molecule has 1 aliphatic heterocycles. The highest BCUT2D eigenvalue weighted by Crippen LogP contribution is 2.41. The van der Waals surface area contributed by atoms with E-state index in [0.717, 1.165) is 78.9 Å². The summed E-state index contributed by atoms with van der Waals surface area (Å²) in [5, 5.41) is 0.796. The van der Waals surface area contributed by atoms with Gasteiger partial charge in [0.25, 0.3) is 0 Å². The number of hydrogen-bond donors (Lipinski definition) is 0. The minimum absolute atomic E-state index is 0.0921. The molecular formula is C16H27BCl3N. The second-order valence-corrected chi connectivity index (χ2v) is 6.91. The molecule has 0 aromatic heterocycles. The van der Waals surface area contributed by atoms with Crippen molar-refractivity contribution in [2.45, 2.75) is 78.5 Å². The maximum absolute atomic E-state index is 6.64. The summed E-state index contributed by atoms with van der Waals surface area (Å²) in [6.45, 7) is 6.66. The van der Waals surface area contributed by atoms with Gasteiger partial charge >= 0.3 is 6.85 Å². The van der Waals surface area contributed by atoms with E-state index in [1.54, 1.807) is 0 Å². The summed E-state index contributed by atoms with van der Waals surface area (Å²) in [6, 6.07) is 0. The van der Waals surface area contributed by atoms with Crippen LogP contribution in [-0.2, 0) is 0 Å². The van der Waals surface area contributed by atoms with Gasteiger partial charge in [-0.15, -0.1) is 0 Å². The lowest BCUT2D eigenvalue weighted by Crippen LogP contribution is -2.36. The van der Waals surface area contributed by atoms with Crippen LogP contribution in [0.25, 0.3) is 0 Å². The fourth-order valence-corrected chi connectivity index (χ4v) is 3.93. The van der Waals surface area contributed by atoms with Crippen LogP contribution < -0.4 is 0 Å². The van der Waals surface area contributed by atoms with Crippen molar-refractivity contribution in [2.75, 3.05) is 0 Å². The van der Waals surface area contributed by atoms with Crippen LogP contribution in [0, 0.1) is 0 Å². The molecule has 5 heteroatoms. The van der Waals surface area contributed by atoms with Crippen LogP contribution in [0.1, 0.15) is 72.1 Å². The molecule has 1 nitrogen and oxygen atoms in total. The third-order valence-electron chi connectivity index (χ3n) is 4.01. The van der Waals surface area contributed by atoms with Crippen LogP contribution in [0.15, 0.2) is 21.2 Å². The number of hydrogen-bond acceptors (Lipinski definition) is 1. The molecule has 0 N–H and O–H groups in total. The molecule has 1 aliphatic rings. The molecule has 0 aromatic rings. The Morgan fingerprint density at radius 3 is 2.05 bits per heavy atom. The Morgan fingerprint density at radius 1 is 0.905 bits per heavy atom. The molecule has 0 fully saturated rings. The second kappa shape index (κ2) is 10.1.